The number of halogens is 2. The Kier molecular flexibility index (Phi) is 10.8. The smallest absolute Gasteiger partial charge is 0.258 e. The predicted octanol–water partition coefficient (Wildman–Crippen LogP) is 4.37. The second-order valence-corrected chi connectivity index (χ2v) is 12.9. The predicted molar refractivity (Wildman–Crippen MR) is 170 cm³/mol. The van der Waals surface area contributed by atoms with Gasteiger partial charge in [-0.3, -0.25) is 9.89 Å². The standard InChI is InChI=1S/C31H38F2N6O5S/c1-20(18-37(2)3)38(4)23-7-9-26(29(16-23)39(19-44-6)11-12-43-5)31(40)34-30-27-17-24(8-10-28(27)35-36-30)45(41,42)25-14-21(32)13-22(33)15-25/h7-10,13-17,20H,11-12,18-19H2,1-6H3,(H2,34,35,36,40). The summed E-state index contributed by atoms with van der Waals surface area (Å²) in [5.74, 6) is -2.44. The van der Waals surface area contributed by atoms with Crippen molar-refractivity contribution in [1.29, 1.82) is 0 Å². The van der Waals surface area contributed by atoms with Crippen LogP contribution < -0.4 is 15.1 Å². The van der Waals surface area contributed by atoms with Gasteiger partial charge < -0.3 is 29.5 Å². The summed E-state index contributed by atoms with van der Waals surface area (Å²) >= 11 is 0. The molecule has 0 aliphatic heterocycles. The minimum Gasteiger partial charge on any atom is -0.383 e. The van der Waals surface area contributed by atoms with Gasteiger partial charge in [-0.05, 0) is 69.6 Å². The average Bonchev–Trinajstić information content (AvgIpc) is 3.39. The molecule has 0 aliphatic carbocycles. The number of methoxy groups -OCH3 is 2. The molecule has 0 aliphatic rings. The molecule has 1 unspecified atom stereocenters. The first kappa shape index (κ1) is 33.8. The third kappa shape index (κ3) is 7.76. The number of anilines is 3. The number of sulfone groups is 1. The van der Waals surface area contributed by atoms with Crippen molar-refractivity contribution in [2.45, 2.75) is 22.8 Å². The van der Waals surface area contributed by atoms with Crippen molar-refractivity contribution in [2.24, 2.45) is 0 Å². The second kappa shape index (κ2) is 14.3. The van der Waals surface area contributed by atoms with Gasteiger partial charge in [0.15, 0.2) is 5.82 Å². The Morgan fingerprint density at radius 3 is 2.33 bits per heavy atom. The van der Waals surface area contributed by atoms with Crippen molar-refractivity contribution in [3.8, 4) is 0 Å². The number of hydrogen-bond donors (Lipinski definition) is 2. The number of nitrogens with zero attached hydrogens (tertiary/aromatic N) is 4. The first-order chi connectivity index (χ1) is 21.3. The lowest BCUT2D eigenvalue weighted by molar-refractivity contribution is 0.102. The maximum atomic E-state index is 13.8. The molecule has 4 aromatic rings. The molecule has 45 heavy (non-hydrogen) atoms. The molecule has 0 bridgehead atoms. The van der Waals surface area contributed by atoms with Gasteiger partial charge in [0.1, 0.15) is 18.4 Å². The Bertz CT molecular complexity index is 1740. The van der Waals surface area contributed by atoms with E-state index in [2.05, 4.69) is 32.2 Å². The van der Waals surface area contributed by atoms with E-state index in [0.29, 0.717) is 41.4 Å². The molecule has 4 rings (SSSR count). The van der Waals surface area contributed by atoms with Crippen LogP contribution in [-0.4, -0.2) is 97.3 Å². The molecule has 0 radical (unpaired) electrons. The second-order valence-electron chi connectivity index (χ2n) is 10.9. The number of rotatable bonds is 14. The van der Waals surface area contributed by atoms with Gasteiger partial charge in [-0.2, -0.15) is 5.10 Å². The van der Waals surface area contributed by atoms with Gasteiger partial charge in [-0.1, -0.05) is 0 Å². The molecule has 0 saturated carbocycles. The molecular formula is C31H38F2N6O5S. The molecule has 2 N–H and O–H groups in total. The third-order valence-corrected chi connectivity index (χ3v) is 9.07. The lowest BCUT2D eigenvalue weighted by Crippen LogP contribution is -2.38. The Morgan fingerprint density at radius 2 is 1.69 bits per heavy atom. The fourth-order valence-electron chi connectivity index (χ4n) is 4.96. The van der Waals surface area contributed by atoms with Crippen LogP contribution in [0.25, 0.3) is 10.9 Å². The first-order valence-electron chi connectivity index (χ1n) is 14.1. The number of ether oxygens (including phenoxy) is 2. The number of nitrogens with one attached hydrogen (secondary N) is 2. The molecule has 11 nitrogen and oxygen atoms in total. The number of benzene rings is 3. The number of aromatic nitrogens is 2. The highest BCUT2D eigenvalue weighted by molar-refractivity contribution is 7.91. The topological polar surface area (TPSA) is 120 Å². The zero-order chi connectivity index (χ0) is 32.9. The molecule has 0 spiro atoms. The Hall–Kier alpha value is -4.11. The zero-order valence-electron chi connectivity index (χ0n) is 26.1. The quantitative estimate of drug-likeness (QED) is 0.193. The lowest BCUT2D eigenvalue weighted by atomic mass is 10.1. The Labute approximate surface area is 261 Å². The van der Waals surface area contributed by atoms with Crippen molar-refractivity contribution in [1.82, 2.24) is 15.1 Å². The lowest BCUT2D eigenvalue weighted by Gasteiger charge is -2.32. The highest BCUT2D eigenvalue weighted by Crippen LogP contribution is 2.31. The molecule has 1 amide bonds. The summed E-state index contributed by atoms with van der Waals surface area (Å²) < 4.78 is 64.9. The number of H-pyrrole nitrogens is 1. The van der Waals surface area contributed by atoms with Crippen LogP contribution in [0.4, 0.5) is 26.0 Å². The summed E-state index contributed by atoms with van der Waals surface area (Å²) in [7, 11) is 4.87. The van der Waals surface area contributed by atoms with E-state index in [1.54, 1.807) is 20.3 Å². The molecule has 1 aromatic heterocycles. The number of carbonyl (C=O) groups is 1. The van der Waals surface area contributed by atoms with Gasteiger partial charge in [0, 0.05) is 57.5 Å². The molecule has 242 valence electrons. The zero-order valence-corrected chi connectivity index (χ0v) is 26.9. The van der Waals surface area contributed by atoms with Crippen LogP contribution in [0.5, 0.6) is 0 Å². The van der Waals surface area contributed by atoms with Crippen LogP contribution >= 0.6 is 0 Å². The van der Waals surface area contributed by atoms with E-state index < -0.39 is 32.3 Å². The van der Waals surface area contributed by atoms with E-state index >= 15 is 0 Å². The Morgan fingerprint density at radius 1 is 0.978 bits per heavy atom. The summed E-state index contributed by atoms with van der Waals surface area (Å²) in [4.78, 5) is 19.2. The fourth-order valence-corrected chi connectivity index (χ4v) is 6.29. The normalized spacial score (nSPS) is 12.5. The number of likely N-dealkylation sites (N-methyl/N-ethyl adjacent to an activating group) is 2. The highest BCUT2D eigenvalue weighted by Gasteiger charge is 2.24. The van der Waals surface area contributed by atoms with E-state index in [1.165, 1.54) is 18.2 Å². The summed E-state index contributed by atoms with van der Waals surface area (Å²) in [6.45, 7) is 3.95. The highest BCUT2D eigenvalue weighted by atomic mass is 32.2. The number of aromatic amines is 1. The molecular weight excluding hydrogens is 606 g/mol. The maximum Gasteiger partial charge on any atom is 0.258 e. The van der Waals surface area contributed by atoms with Gasteiger partial charge in [0.2, 0.25) is 9.84 Å². The summed E-state index contributed by atoms with van der Waals surface area (Å²) in [5.41, 5.74) is 2.27. The van der Waals surface area contributed by atoms with Gasteiger partial charge in [-0.25, -0.2) is 17.2 Å². The van der Waals surface area contributed by atoms with E-state index in [0.717, 1.165) is 24.4 Å². The minimum atomic E-state index is -4.29. The number of amides is 1. The fraction of sp³-hybridized carbons (Fsp3) is 0.355. The summed E-state index contributed by atoms with van der Waals surface area (Å²) in [6.07, 6.45) is 0. The summed E-state index contributed by atoms with van der Waals surface area (Å²) in [5, 5.41) is 10.1. The molecule has 3 aromatic carbocycles. The first-order valence-corrected chi connectivity index (χ1v) is 15.6. The number of fused-ring (bicyclic) bond motifs is 1. The Balaban J connectivity index is 1.72. The SMILES string of the molecule is COCCN(COC)c1cc(N(C)C(C)CN(C)C)ccc1C(=O)Nc1n[nH]c2ccc(S(=O)(=O)c3cc(F)cc(F)c3)cc12. The van der Waals surface area contributed by atoms with Crippen LogP contribution in [0.2, 0.25) is 0 Å². The molecule has 14 heteroatoms. The van der Waals surface area contributed by atoms with Crippen LogP contribution in [0.3, 0.4) is 0 Å². The molecule has 0 saturated heterocycles. The van der Waals surface area contributed by atoms with E-state index in [4.69, 9.17) is 9.47 Å². The van der Waals surface area contributed by atoms with Crippen molar-refractivity contribution in [3.05, 3.63) is 71.8 Å². The van der Waals surface area contributed by atoms with Crippen molar-refractivity contribution < 1.29 is 31.5 Å². The van der Waals surface area contributed by atoms with Crippen molar-refractivity contribution >= 4 is 43.8 Å². The molecule has 1 atom stereocenters. The monoisotopic (exact) mass is 644 g/mol. The molecule has 1 heterocycles. The van der Waals surface area contributed by atoms with Gasteiger partial charge in [0.25, 0.3) is 5.91 Å². The largest absolute Gasteiger partial charge is 0.383 e. The van der Waals surface area contributed by atoms with Crippen molar-refractivity contribution in [3.63, 3.8) is 0 Å². The van der Waals surface area contributed by atoms with Crippen molar-refractivity contribution in [2.75, 3.05) is 76.9 Å². The van der Waals surface area contributed by atoms with Gasteiger partial charge in [0.05, 0.1) is 33.2 Å². The average molecular weight is 645 g/mol. The van der Waals surface area contributed by atoms with Crippen LogP contribution in [0.1, 0.15) is 17.3 Å². The number of carbonyl (C=O) groups excluding carboxylic acids is 1. The van der Waals surface area contributed by atoms with E-state index in [1.807, 2.05) is 38.2 Å². The van der Waals surface area contributed by atoms with Crippen LogP contribution in [-0.2, 0) is 19.3 Å². The van der Waals surface area contributed by atoms with Gasteiger partial charge in [-0.15, -0.1) is 0 Å². The maximum absolute atomic E-state index is 13.8. The van der Waals surface area contributed by atoms with Crippen LogP contribution in [0.15, 0.2) is 64.4 Å². The number of hydrogen-bond acceptors (Lipinski definition) is 9. The van der Waals surface area contributed by atoms with Gasteiger partial charge >= 0.3 is 0 Å². The van der Waals surface area contributed by atoms with E-state index in [-0.39, 0.29) is 23.5 Å². The third-order valence-electron chi connectivity index (χ3n) is 7.34. The summed E-state index contributed by atoms with van der Waals surface area (Å²) in [6, 6.07) is 11.8. The van der Waals surface area contributed by atoms with E-state index in [9.17, 15) is 22.0 Å². The molecule has 0 fully saturated rings. The van der Waals surface area contributed by atoms with Crippen LogP contribution in [0, 0.1) is 11.6 Å². The minimum absolute atomic E-state index is 0.0828.